The Hall–Kier alpha value is -3.13. The van der Waals surface area contributed by atoms with Crippen LogP contribution in [0.5, 0.6) is 5.75 Å². The van der Waals surface area contributed by atoms with Gasteiger partial charge < -0.3 is 15.0 Å². The molecule has 34 heavy (non-hydrogen) atoms. The molecule has 1 aromatic carbocycles. The largest absolute Gasteiger partial charge is 0.573 e. The minimum Gasteiger partial charge on any atom is -0.405 e. The Morgan fingerprint density at radius 3 is 2.79 bits per heavy atom. The predicted molar refractivity (Wildman–Crippen MR) is 121 cm³/mol. The number of thioether (sulfide) groups is 1. The highest BCUT2D eigenvalue weighted by Gasteiger charge is 2.41. The van der Waals surface area contributed by atoms with Gasteiger partial charge in [-0.05, 0) is 25.0 Å². The van der Waals surface area contributed by atoms with Crippen molar-refractivity contribution >= 4 is 39.5 Å². The summed E-state index contributed by atoms with van der Waals surface area (Å²) in [6.07, 6.45) is -1.39. The molecule has 3 aromatic rings. The van der Waals surface area contributed by atoms with Crippen molar-refractivity contribution in [3.63, 3.8) is 0 Å². The second-order valence-electron chi connectivity index (χ2n) is 7.27. The molecule has 0 bridgehead atoms. The van der Waals surface area contributed by atoms with Crippen LogP contribution >= 0.6 is 23.1 Å². The van der Waals surface area contributed by atoms with E-state index in [0.29, 0.717) is 18.8 Å². The standard InChI is InChI=1S/C20H17F4N7OS2/c21-19(6-3-7-31(10-19)15-9-27-8-13(28-15)16(26)33-11-25)18-30-29-17(34-18)12-4-1-2-5-14(12)32-20(22,23)24/h1-2,4-5,8-9,11,25-26H,3,6-7,10H2. The van der Waals surface area contributed by atoms with Crippen molar-refractivity contribution in [3.05, 3.63) is 47.4 Å². The minimum atomic E-state index is -4.88. The van der Waals surface area contributed by atoms with Crippen LogP contribution in [-0.2, 0) is 5.67 Å². The number of hydrogen-bond donors (Lipinski definition) is 2. The molecule has 4 rings (SSSR count). The van der Waals surface area contributed by atoms with Gasteiger partial charge in [-0.25, -0.2) is 9.37 Å². The van der Waals surface area contributed by atoms with E-state index in [2.05, 4.69) is 24.9 Å². The average Bonchev–Trinajstić information content (AvgIpc) is 3.30. The molecule has 1 unspecified atom stereocenters. The van der Waals surface area contributed by atoms with Gasteiger partial charge in [0.1, 0.15) is 22.3 Å². The number of benzene rings is 1. The zero-order valence-electron chi connectivity index (χ0n) is 17.3. The molecule has 3 heterocycles. The number of hydrogen-bond acceptors (Lipinski definition) is 10. The molecule has 1 atom stereocenters. The SMILES string of the molecule is N=CSC(=N)c1cncc(N2CCCC(F)(c3nnc(-c4ccccc4OC(F)(F)F)s3)C2)n1. The molecular weight excluding hydrogens is 494 g/mol. The van der Waals surface area contributed by atoms with Crippen molar-refractivity contribution in [1.82, 2.24) is 20.2 Å². The van der Waals surface area contributed by atoms with Crippen molar-refractivity contribution in [2.75, 3.05) is 18.0 Å². The number of piperidine rings is 1. The van der Waals surface area contributed by atoms with Crippen LogP contribution in [-0.4, -0.2) is 50.2 Å². The molecule has 14 heteroatoms. The highest BCUT2D eigenvalue weighted by atomic mass is 32.2. The molecule has 1 fully saturated rings. The van der Waals surface area contributed by atoms with Gasteiger partial charge in [0.05, 0.1) is 30.0 Å². The van der Waals surface area contributed by atoms with Gasteiger partial charge in [0.25, 0.3) is 0 Å². The summed E-state index contributed by atoms with van der Waals surface area (Å²) in [4.78, 5) is 10.1. The molecule has 1 aliphatic rings. The molecule has 1 saturated heterocycles. The number of anilines is 1. The van der Waals surface area contributed by atoms with Gasteiger partial charge in [-0.1, -0.05) is 35.2 Å². The fraction of sp³-hybridized carbons (Fsp3) is 0.300. The summed E-state index contributed by atoms with van der Waals surface area (Å²) in [5, 5.41) is 23.1. The van der Waals surface area contributed by atoms with Crippen LogP contribution in [0.4, 0.5) is 23.4 Å². The van der Waals surface area contributed by atoms with E-state index in [9.17, 15) is 13.2 Å². The van der Waals surface area contributed by atoms with Crippen LogP contribution in [0.3, 0.4) is 0 Å². The number of nitrogens with one attached hydrogen (secondary N) is 2. The highest BCUT2D eigenvalue weighted by molar-refractivity contribution is 8.25. The first-order valence-electron chi connectivity index (χ1n) is 9.88. The van der Waals surface area contributed by atoms with E-state index < -0.39 is 17.8 Å². The van der Waals surface area contributed by atoms with Crippen LogP contribution in [0.25, 0.3) is 10.6 Å². The van der Waals surface area contributed by atoms with E-state index in [1.165, 1.54) is 30.6 Å². The van der Waals surface area contributed by atoms with Gasteiger partial charge in [0.15, 0.2) is 15.7 Å². The summed E-state index contributed by atoms with van der Waals surface area (Å²) >= 11 is 1.75. The summed E-state index contributed by atoms with van der Waals surface area (Å²) in [5.74, 6) is -0.0589. The van der Waals surface area contributed by atoms with Gasteiger partial charge in [-0.15, -0.1) is 23.4 Å². The molecule has 8 nitrogen and oxygen atoms in total. The summed E-state index contributed by atoms with van der Waals surface area (Å²) in [6.45, 7) is 0.397. The van der Waals surface area contributed by atoms with Gasteiger partial charge in [-0.2, -0.15) is 0 Å². The zero-order valence-corrected chi connectivity index (χ0v) is 19.0. The molecule has 0 saturated carbocycles. The second-order valence-corrected chi connectivity index (χ2v) is 9.13. The van der Waals surface area contributed by atoms with Crippen LogP contribution in [0.2, 0.25) is 0 Å². The van der Waals surface area contributed by atoms with E-state index in [4.69, 9.17) is 10.8 Å². The average molecular weight is 512 g/mol. The molecular formula is C20H17F4N7OS2. The van der Waals surface area contributed by atoms with Crippen molar-refractivity contribution in [1.29, 1.82) is 10.8 Å². The molecule has 2 N–H and O–H groups in total. The monoisotopic (exact) mass is 511 g/mol. The smallest absolute Gasteiger partial charge is 0.405 e. The first-order valence-corrected chi connectivity index (χ1v) is 11.6. The van der Waals surface area contributed by atoms with Crippen molar-refractivity contribution in [2.24, 2.45) is 0 Å². The first-order chi connectivity index (χ1) is 16.2. The number of aromatic nitrogens is 4. The third-order valence-corrected chi connectivity index (χ3v) is 6.65. The Labute approximate surface area is 199 Å². The summed E-state index contributed by atoms with van der Waals surface area (Å²) in [6, 6.07) is 5.51. The molecule has 0 radical (unpaired) electrons. The number of alkyl halides is 4. The molecule has 178 valence electrons. The van der Waals surface area contributed by atoms with E-state index in [1.54, 1.807) is 4.90 Å². The number of para-hydroxylation sites is 1. The normalized spacial score (nSPS) is 18.5. The molecule has 0 amide bonds. The number of ether oxygens (including phenoxy) is 1. The van der Waals surface area contributed by atoms with Crippen molar-refractivity contribution < 1.29 is 22.3 Å². The summed E-state index contributed by atoms with van der Waals surface area (Å²) in [7, 11) is 0. The lowest BCUT2D eigenvalue weighted by Gasteiger charge is -2.36. The lowest BCUT2D eigenvalue weighted by atomic mass is 9.95. The number of halogens is 4. The Morgan fingerprint density at radius 1 is 1.24 bits per heavy atom. The fourth-order valence-corrected chi connectivity index (χ4v) is 4.80. The van der Waals surface area contributed by atoms with Gasteiger partial charge in [-0.3, -0.25) is 10.4 Å². The van der Waals surface area contributed by atoms with Crippen molar-refractivity contribution in [3.8, 4) is 16.3 Å². The third kappa shape index (κ3) is 5.33. The molecule has 0 aliphatic carbocycles. The molecule has 0 spiro atoms. The summed E-state index contributed by atoms with van der Waals surface area (Å²) in [5.41, 5.74) is -0.556. The van der Waals surface area contributed by atoms with Crippen molar-refractivity contribution in [2.45, 2.75) is 24.9 Å². The van der Waals surface area contributed by atoms with Crippen LogP contribution < -0.4 is 9.64 Å². The Balaban J connectivity index is 1.58. The maximum Gasteiger partial charge on any atom is 0.573 e. The van der Waals surface area contributed by atoms with Crippen LogP contribution in [0, 0.1) is 10.8 Å². The van der Waals surface area contributed by atoms with E-state index in [0.717, 1.165) is 34.7 Å². The zero-order chi connectivity index (χ0) is 24.3. The molecule has 1 aliphatic heterocycles. The van der Waals surface area contributed by atoms with Crippen LogP contribution in [0.15, 0.2) is 36.7 Å². The van der Waals surface area contributed by atoms with E-state index >= 15 is 4.39 Å². The Bertz CT molecular complexity index is 1210. The summed E-state index contributed by atoms with van der Waals surface area (Å²) < 4.78 is 58.4. The minimum absolute atomic E-state index is 0.0429. The maximum atomic E-state index is 16.1. The Morgan fingerprint density at radius 2 is 2.03 bits per heavy atom. The lowest BCUT2D eigenvalue weighted by Crippen LogP contribution is -2.44. The first kappa shape index (κ1) is 24.0. The van der Waals surface area contributed by atoms with E-state index in [-0.39, 0.29) is 39.3 Å². The van der Waals surface area contributed by atoms with Gasteiger partial charge >= 0.3 is 6.36 Å². The fourth-order valence-electron chi connectivity index (χ4n) is 3.49. The Kier molecular flexibility index (Phi) is 6.79. The quantitative estimate of drug-likeness (QED) is 0.271. The van der Waals surface area contributed by atoms with Crippen LogP contribution in [0.1, 0.15) is 23.5 Å². The topological polar surface area (TPSA) is 112 Å². The third-order valence-electron chi connectivity index (χ3n) is 4.95. The lowest BCUT2D eigenvalue weighted by molar-refractivity contribution is -0.274. The number of nitrogens with zero attached hydrogens (tertiary/aromatic N) is 5. The molecule has 2 aromatic heterocycles. The predicted octanol–water partition coefficient (Wildman–Crippen LogP) is 5.02. The van der Waals surface area contributed by atoms with E-state index in [1.807, 2.05) is 0 Å². The second kappa shape index (κ2) is 9.62. The number of rotatable bonds is 6. The van der Waals surface area contributed by atoms with Gasteiger partial charge in [0, 0.05) is 6.54 Å². The highest BCUT2D eigenvalue weighted by Crippen LogP contribution is 2.42. The maximum absolute atomic E-state index is 16.1. The van der Waals surface area contributed by atoms with Gasteiger partial charge in [0.2, 0.25) is 0 Å².